The molecular weight excluding hydrogens is 373 g/mol. The summed E-state index contributed by atoms with van der Waals surface area (Å²) in [5, 5.41) is 0. The van der Waals surface area contributed by atoms with Gasteiger partial charge in [-0.1, -0.05) is 6.42 Å². The highest BCUT2D eigenvalue weighted by Crippen LogP contribution is 2.18. The van der Waals surface area contributed by atoms with Crippen LogP contribution >= 0.6 is 0 Å². The van der Waals surface area contributed by atoms with Gasteiger partial charge in [0.1, 0.15) is 5.82 Å². The summed E-state index contributed by atoms with van der Waals surface area (Å²) in [5.74, 6) is -0.630. The van der Waals surface area contributed by atoms with Crippen LogP contribution in [0.5, 0.6) is 0 Å². The van der Waals surface area contributed by atoms with Crippen molar-refractivity contribution in [3.8, 4) is 0 Å². The van der Waals surface area contributed by atoms with E-state index in [0.29, 0.717) is 13.0 Å². The number of likely N-dealkylation sites (tertiary alicyclic amines) is 1. The zero-order valence-corrected chi connectivity index (χ0v) is 16.0. The van der Waals surface area contributed by atoms with E-state index in [4.69, 9.17) is 0 Å². The largest absolute Gasteiger partial charge is 0.339 e. The van der Waals surface area contributed by atoms with Gasteiger partial charge in [-0.05, 0) is 37.1 Å². The van der Waals surface area contributed by atoms with Crippen molar-refractivity contribution in [2.75, 3.05) is 39.3 Å². The Bertz CT molecular complexity index is 789. The van der Waals surface area contributed by atoms with Crippen molar-refractivity contribution in [3.05, 3.63) is 30.1 Å². The number of hydrogen-bond donors (Lipinski definition) is 0. The minimum absolute atomic E-state index is 0.0124. The number of nitrogens with zero attached hydrogens (tertiary/aromatic N) is 3. The molecule has 2 aliphatic rings. The highest BCUT2D eigenvalue weighted by molar-refractivity contribution is 7.89. The first-order valence-corrected chi connectivity index (χ1v) is 10.6. The van der Waals surface area contributed by atoms with E-state index < -0.39 is 15.8 Å². The molecule has 1 aromatic carbocycles. The number of carbonyl (C=O) groups excluding carboxylic acids is 2. The summed E-state index contributed by atoms with van der Waals surface area (Å²) in [6.07, 6.45) is 3.25. The van der Waals surface area contributed by atoms with Crippen molar-refractivity contribution in [1.82, 2.24) is 14.1 Å². The zero-order chi connectivity index (χ0) is 19.4. The minimum Gasteiger partial charge on any atom is -0.339 e. The number of sulfonamides is 1. The van der Waals surface area contributed by atoms with Crippen LogP contribution < -0.4 is 0 Å². The van der Waals surface area contributed by atoms with Crippen LogP contribution in [0.3, 0.4) is 0 Å². The maximum atomic E-state index is 13.0. The molecule has 148 valence electrons. The number of carbonyl (C=O) groups is 2. The maximum Gasteiger partial charge on any atom is 0.243 e. The van der Waals surface area contributed by atoms with Crippen LogP contribution in [-0.2, 0) is 19.6 Å². The number of halogens is 1. The molecule has 0 aliphatic carbocycles. The number of amides is 2. The van der Waals surface area contributed by atoms with Crippen molar-refractivity contribution in [3.63, 3.8) is 0 Å². The molecule has 0 spiro atoms. The molecule has 7 nitrogen and oxygen atoms in total. The van der Waals surface area contributed by atoms with Crippen molar-refractivity contribution < 1.29 is 22.4 Å². The average molecular weight is 397 g/mol. The van der Waals surface area contributed by atoms with Gasteiger partial charge in [-0.2, -0.15) is 4.31 Å². The van der Waals surface area contributed by atoms with E-state index in [-0.39, 0.29) is 49.4 Å². The van der Waals surface area contributed by atoms with Gasteiger partial charge < -0.3 is 9.80 Å². The van der Waals surface area contributed by atoms with Gasteiger partial charge in [-0.3, -0.25) is 9.59 Å². The molecule has 1 aromatic rings. The van der Waals surface area contributed by atoms with Crippen LogP contribution in [0.4, 0.5) is 4.39 Å². The molecule has 2 amide bonds. The number of rotatable bonds is 4. The Hall–Kier alpha value is -2.00. The molecule has 0 aromatic heterocycles. The lowest BCUT2D eigenvalue weighted by molar-refractivity contribution is -0.140. The first-order chi connectivity index (χ1) is 12.9. The molecule has 2 heterocycles. The number of piperazine rings is 1. The summed E-state index contributed by atoms with van der Waals surface area (Å²) in [4.78, 5) is 27.8. The van der Waals surface area contributed by atoms with Crippen LogP contribution in [-0.4, -0.2) is 73.6 Å². The lowest BCUT2D eigenvalue weighted by atomic mass is 10.2. The van der Waals surface area contributed by atoms with Crippen LogP contribution in [0.2, 0.25) is 0 Å². The maximum absolute atomic E-state index is 13.0. The van der Waals surface area contributed by atoms with E-state index in [1.807, 2.05) is 0 Å². The van der Waals surface area contributed by atoms with E-state index in [2.05, 4.69) is 0 Å². The molecule has 9 heteroatoms. The van der Waals surface area contributed by atoms with E-state index in [9.17, 15) is 22.4 Å². The van der Waals surface area contributed by atoms with Gasteiger partial charge in [0.05, 0.1) is 11.4 Å². The zero-order valence-electron chi connectivity index (χ0n) is 15.1. The first kappa shape index (κ1) is 19.8. The molecule has 27 heavy (non-hydrogen) atoms. The third kappa shape index (κ3) is 4.65. The molecule has 2 aliphatic heterocycles. The van der Waals surface area contributed by atoms with Crippen LogP contribution in [0.1, 0.15) is 25.7 Å². The molecular formula is C18H24FN3O4S. The average Bonchev–Trinajstić information content (AvgIpc) is 2.86. The smallest absolute Gasteiger partial charge is 0.243 e. The SMILES string of the molecule is O=C(CN1CCCCCC1=O)N1CCN(S(=O)(=O)c2ccc(F)cc2)CC1. The Morgan fingerprint density at radius 1 is 0.963 bits per heavy atom. The molecule has 0 unspecified atom stereocenters. The van der Waals surface area contributed by atoms with Crippen LogP contribution in [0, 0.1) is 5.82 Å². The van der Waals surface area contributed by atoms with Crippen molar-refractivity contribution in [2.24, 2.45) is 0 Å². The monoisotopic (exact) mass is 397 g/mol. The summed E-state index contributed by atoms with van der Waals surface area (Å²) in [5.41, 5.74) is 0. The summed E-state index contributed by atoms with van der Waals surface area (Å²) in [7, 11) is -3.70. The van der Waals surface area contributed by atoms with Crippen LogP contribution in [0.25, 0.3) is 0 Å². The van der Waals surface area contributed by atoms with Gasteiger partial charge >= 0.3 is 0 Å². The summed E-state index contributed by atoms with van der Waals surface area (Å²) in [6.45, 7) is 1.58. The quantitative estimate of drug-likeness (QED) is 0.761. The second-order valence-corrected chi connectivity index (χ2v) is 8.80. The molecule has 0 radical (unpaired) electrons. The minimum atomic E-state index is -3.70. The van der Waals surface area contributed by atoms with E-state index in [0.717, 1.165) is 31.4 Å². The predicted molar refractivity (Wildman–Crippen MR) is 96.8 cm³/mol. The molecule has 0 bridgehead atoms. The fraction of sp³-hybridized carbons (Fsp3) is 0.556. The molecule has 2 saturated heterocycles. The predicted octanol–water partition coefficient (Wildman–Crippen LogP) is 1.06. The van der Waals surface area contributed by atoms with Gasteiger partial charge in [-0.15, -0.1) is 0 Å². The Balaban J connectivity index is 1.57. The van der Waals surface area contributed by atoms with Gasteiger partial charge in [0.2, 0.25) is 21.8 Å². The Labute approximate surface area is 158 Å². The Morgan fingerprint density at radius 3 is 2.30 bits per heavy atom. The Kier molecular flexibility index (Phi) is 6.11. The molecule has 0 N–H and O–H groups in total. The number of hydrogen-bond acceptors (Lipinski definition) is 4. The van der Waals surface area contributed by atoms with Gasteiger partial charge in [-0.25, -0.2) is 12.8 Å². The molecule has 0 atom stereocenters. The second kappa shape index (κ2) is 8.35. The first-order valence-electron chi connectivity index (χ1n) is 9.19. The van der Waals surface area contributed by atoms with E-state index in [1.54, 1.807) is 9.80 Å². The van der Waals surface area contributed by atoms with Gasteiger partial charge in [0.15, 0.2) is 0 Å². The highest BCUT2D eigenvalue weighted by atomic mass is 32.2. The third-order valence-electron chi connectivity index (χ3n) is 5.04. The fourth-order valence-electron chi connectivity index (χ4n) is 3.40. The molecule has 2 fully saturated rings. The lowest BCUT2D eigenvalue weighted by Gasteiger charge is -2.35. The summed E-state index contributed by atoms with van der Waals surface area (Å²) >= 11 is 0. The number of benzene rings is 1. The Morgan fingerprint density at radius 2 is 1.63 bits per heavy atom. The topological polar surface area (TPSA) is 78.0 Å². The van der Waals surface area contributed by atoms with E-state index >= 15 is 0 Å². The summed E-state index contributed by atoms with van der Waals surface area (Å²) in [6, 6.07) is 4.72. The normalized spacial score (nSPS) is 19.8. The standard InChI is InChI=1S/C18H24FN3O4S/c19-15-5-7-16(8-6-15)27(25,26)22-12-10-20(11-13-22)18(24)14-21-9-3-1-2-4-17(21)23/h5-8H,1-4,9-14H2. The molecule has 0 saturated carbocycles. The summed E-state index contributed by atoms with van der Waals surface area (Å²) < 4.78 is 39.6. The van der Waals surface area contributed by atoms with Crippen LogP contribution in [0.15, 0.2) is 29.2 Å². The fourth-order valence-corrected chi connectivity index (χ4v) is 4.82. The van der Waals surface area contributed by atoms with E-state index in [1.165, 1.54) is 16.4 Å². The third-order valence-corrected chi connectivity index (χ3v) is 6.95. The van der Waals surface area contributed by atoms with Gasteiger partial charge in [0, 0.05) is 39.1 Å². The van der Waals surface area contributed by atoms with Crippen molar-refractivity contribution in [2.45, 2.75) is 30.6 Å². The second-order valence-electron chi connectivity index (χ2n) is 6.86. The van der Waals surface area contributed by atoms with Gasteiger partial charge in [0.25, 0.3) is 0 Å². The molecule has 3 rings (SSSR count). The van der Waals surface area contributed by atoms with Crippen molar-refractivity contribution in [1.29, 1.82) is 0 Å². The lowest BCUT2D eigenvalue weighted by Crippen LogP contribution is -2.53. The highest BCUT2D eigenvalue weighted by Gasteiger charge is 2.31. The van der Waals surface area contributed by atoms with Crippen molar-refractivity contribution >= 4 is 21.8 Å².